The normalized spacial score (nSPS) is 12.5. The minimum atomic E-state index is -0.131. The number of amides is 1. The monoisotopic (exact) mass is 283 g/mol. The second-order valence-corrected chi connectivity index (χ2v) is 5.19. The van der Waals surface area contributed by atoms with Crippen LogP contribution in [0.2, 0.25) is 0 Å². The molecule has 0 fully saturated rings. The highest BCUT2D eigenvalue weighted by molar-refractivity contribution is 5.93. The molecule has 1 amide bonds. The van der Waals surface area contributed by atoms with Gasteiger partial charge in [-0.1, -0.05) is 6.07 Å². The van der Waals surface area contributed by atoms with Gasteiger partial charge in [-0.2, -0.15) is 5.10 Å². The molecule has 3 rings (SSSR count). The fourth-order valence-electron chi connectivity index (χ4n) is 2.34. The SMILES string of the molecule is Cc1cc(CC(C)NC(=O)c2cnc3ccccn23)n[nH]1. The van der Waals surface area contributed by atoms with Gasteiger partial charge in [-0.3, -0.25) is 14.3 Å². The third-order valence-electron chi connectivity index (χ3n) is 3.30. The van der Waals surface area contributed by atoms with Crippen molar-refractivity contribution in [1.82, 2.24) is 24.9 Å². The van der Waals surface area contributed by atoms with Crippen molar-refractivity contribution < 1.29 is 4.79 Å². The van der Waals surface area contributed by atoms with Gasteiger partial charge in [0.25, 0.3) is 5.91 Å². The van der Waals surface area contributed by atoms with Gasteiger partial charge in [0.2, 0.25) is 0 Å². The summed E-state index contributed by atoms with van der Waals surface area (Å²) in [5.74, 6) is -0.131. The van der Waals surface area contributed by atoms with E-state index in [2.05, 4.69) is 20.5 Å². The van der Waals surface area contributed by atoms with Crippen LogP contribution in [0.15, 0.2) is 36.7 Å². The van der Waals surface area contributed by atoms with Crippen molar-refractivity contribution >= 4 is 11.6 Å². The maximum atomic E-state index is 12.3. The maximum absolute atomic E-state index is 12.3. The summed E-state index contributed by atoms with van der Waals surface area (Å²) in [6.45, 7) is 3.92. The van der Waals surface area contributed by atoms with Crippen LogP contribution in [0.3, 0.4) is 0 Å². The van der Waals surface area contributed by atoms with E-state index in [1.54, 1.807) is 10.6 Å². The third-order valence-corrected chi connectivity index (χ3v) is 3.30. The third kappa shape index (κ3) is 2.79. The standard InChI is InChI=1S/C15H17N5O/c1-10(7-12-8-11(2)18-19-12)17-15(21)13-9-16-14-5-3-4-6-20(13)14/h3-6,8-10H,7H2,1-2H3,(H,17,21)(H,18,19). The number of aryl methyl sites for hydroxylation is 1. The van der Waals surface area contributed by atoms with Gasteiger partial charge in [0.15, 0.2) is 0 Å². The lowest BCUT2D eigenvalue weighted by molar-refractivity contribution is 0.0934. The highest BCUT2D eigenvalue weighted by Crippen LogP contribution is 2.07. The van der Waals surface area contributed by atoms with E-state index in [0.29, 0.717) is 12.1 Å². The summed E-state index contributed by atoms with van der Waals surface area (Å²) in [5, 5.41) is 10.1. The lowest BCUT2D eigenvalue weighted by Crippen LogP contribution is -2.34. The van der Waals surface area contributed by atoms with Crippen molar-refractivity contribution in [1.29, 1.82) is 0 Å². The Morgan fingerprint density at radius 2 is 2.33 bits per heavy atom. The molecule has 0 aliphatic rings. The Labute approximate surface area is 122 Å². The van der Waals surface area contributed by atoms with Crippen LogP contribution >= 0.6 is 0 Å². The number of rotatable bonds is 4. The molecule has 3 aromatic rings. The lowest BCUT2D eigenvalue weighted by Gasteiger charge is -2.12. The number of imidazole rings is 1. The zero-order valence-electron chi connectivity index (χ0n) is 12.0. The number of carbonyl (C=O) groups is 1. The van der Waals surface area contributed by atoms with Gasteiger partial charge in [-0.05, 0) is 32.0 Å². The van der Waals surface area contributed by atoms with Gasteiger partial charge >= 0.3 is 0 Å². The number of hydrogen-bond acceptors (Lipinski definition) is 3. The molecule has 0 saturated heterocycles. The average molecular weight is 283 g/mol. The Hall–Kier alpha value is -2.63. The minimum Gasteiger partial charge on any atom is -0.348 e. The van der Waals surface area contributed by atoms with E-state index < -0.39 is 0 Å². The number of hydrogen-bond donors (Lipinski definition) is 2. The van der Waals surface area contributed by atoms with Gasteiger partial charge in [0.05, 0.1) is 11.9 Å². The number of nitrogens with one attached hydrogen (secondary N) is 2. The van der Waals surface area contributed by atoms with Crippen LogP contribution in [-0.4, -0.2) is 31.5 Å². The average Bonchev–Trinajstić information content (AvgIpc) is 3.04. The Morgan fingerprint density at radius 3 is 3.10 bits per heavy atom. The Balaban J connectivity index is 1.71. The molecule has 0 aliphatic carbocycles. The summed E-state index contributed by atoms with van der Waals surface area (Å²) in [7, 11) is 0. The Kier molecular flexibility index (Phi) is 3.43. The van der Waals surface area contributed by atoms with Crippen LogP contribution in [-0.2, 0) is 6.42 Å². The molecule has 108 valence electrons. The lowest BCUT2D eigenvalue weighted by atomic mass is 10.1. The molecule has 1 unspecified atom stereocenters. The molecule has 6 heteroatoms. The van der Waals surface area contributed by atoms with Crippen molar-refractivity contribution in [2.24, 2.45) is 0 Å². The molecule has 3 aromatic heterocycles. The Bertz CT molecular complexity index is 773. The molecule has 21 heavy (non-hydrogen) atoms. The van der Waals surface area contributed by atoms with Crippen molar-refractivity contribution in [2.75, 3.05) is 0 Å². The smallest absolute Gasteiger partial charge is 0.270 e. The summed E-state index contributed by atoms with van der Waals surface area (Å²) in [6.07, 6.45) is 4.11. The van der Waals surface area contributed by atoms with E-state index in [4.69, 9.17) is 0 Å². The number of H-pyrrole nitrogens is 1. The zero-order chi connectivity index (χ0) is 14.8. The molecule has 0 aliphatic heterocycles. The summed E-state index contributed by atoms with van der Waals surface area (Å²) in [4.78, 5) is 16.5. The first-order valence-corrected chi connectivity index (χ1v) is 6.87. The minimum absolute atomic E-state index is 0.00513. The van der Waals surface area contributed by atoms with Crippen molar-refractivity contribution in [3.05, 3.63) is 53.7 Å². The summed E-state index contributed by atoms with van der Waals surface area (Å²) >= 11 is 0. The molecule has 6 nitrogen and oxygen atoms in total. The van der Waals surface area contributed by atoms with Crippen LogP contribution in [0.25, 0.3) is 5.65 Å². The quantitative estimate of drug-likeness (QED) is 0.765. The fraction of sp³-hybridized carbons (Fsp3) is 0.267. The molecule has 0 bridgehead atoms. The summed E-state index contributed by atoms with van der Waals surface area (Å²) in [6, 6.07) is 7.62. The number of fused-ring (bicyclic) bond motifs is 1. The molecule has 0 saturated carbocycles. The van der Waals surface area contributed by atoms with Gasteiger partial charge in [0.1, 0.15) is 11.3 Å². The highest BCUT2D eigenvalue weighted by Gasteiger charge is 2.15. The van der Waals surface area contributed by atoms with Crippen LogP contribution in [0, 0.1) is 6.92 Å². The van der Waals surface area contributed by atoms with Gasteiger partial charge in [-0.15, -0.1) is 0 Å². The molecule has 1 atom stereocenters. The van der Waals surface area contributed by atoms with E-state index in [-0.39, 0.29) is 11.9 Å². The molecular formula is C15H17N5O. The largest absolute Gasteiger partial charge is 0.348 e. The van der Waals surface area contributed by atoms with E-state index >= 15 is 0 Å². The maximum Gasteiger partial charge on any atom is 0.270 e. The molecular weight excluding hydrogens is 266 g/mol. The molecule has 0 aromatic carbocycles. The number of aromatic nitrogens is 4. The van der Waals surface area contributed by atoms with E-state index in [9.17, 15) is 4.79 Å². The van der Waals surface area contributed by atoms with Gasteiger partial charge in [-0.25, -0.2) is 4.98 Å². The number of carbonyl (C=O) groups excluding carboxylic acids is 1. The van der Waals surface area contributed by atoms with Crippen LogP contribution in [0.5, 0.6) is 0 Å². The van der Waals surface area contributed by atoms with E-state index in [1.165, 1.54) is 0 Å². The predicted octanol–water partition coefficient (Wildman–Crippen LogP) is 1.73. The fourth-order valence-corrected chi connectivity index (χ4v) is 2.34. The van der Waals surface area contributed by atoms with Crippen molar-refractivity contribution in [3.63, 3.8) is 0 Å². The second kappa shape index (κ2) is 5.40. The second-order valence-electron chi connectivity index (χ2n) is 5.19. The van der Waals surface area contributed by atoms with Crippen molar-refractivity contribution in [3.8, 4) is 0 Å². The number of pyridine rings is 1. The predicted molar refractivity (Wildman–Crippen MR) is 79.1 cm³/mol. The molecule has 3 heterocycles. The topological polar surface area (TPSA) is 75.1 Å². The molecule has 2 N–H and O–H groups in total. The Morgan fingerprint density at radius 1 is 1.48 bits per heavy atom. The summed E-state index contributed by atoms with van der Waals surface area (Å²) in [5.41, 5.74) is 3.26. The first kappa shape index (κ1) is 13.4. The van der Waals surface area contributed by atoms with E-state index in [1.807, 2.05) is 44.3 Å². The van der Waals surface area contributed by atoms with Gasteiger partial charge < -0.3 is 5.32 Å². The van der Waals surface area contributed by atoms with Gasteiger partial charge in [0, 0.05) is 24.4 Å². The molecule has 0 radical (unpaired) electrons. The molecule has 0 spiro atoms. The van der Waals surface area contributed by atoms with Crippen LogP contribution < -0.4 is 5.32 Å². The zero-order valence-corrected chi connectivity index (χ0v) is 12.0. The number of nitrogens with zero attached hydrogens (tertiary/aromatic N) is 3. The van der Waals surface area contributed by atoms with Crippen LogP contribution in [0.4, 0.5) is 0 Å². The highest BCUT2D eigenvalue weighted by atomic mass is 16.2. The first-order valence-electron chi connectivity index (χ1n) is 6.87. The van der Waals surface area contributed by atoms with E-state index in [0.717, 1.165) is 17.0 Å². The van der Waals surface area contributed by atoms with Crippen LogP contribution in [0.1, 0.15) is 28.8 Å². The first-order chi connectivity index (χ1) is 10.1. The number of aromatic amines is 1. The summed E-state index contributed by atoms with van der Waals surface area (Å²) < 4.78 is 1.78. The van der Waals surface area contributed by atoms with Crippen molar-refractivity contribution in [2.45, 2.75) is 26.3 Å².